The molecule has 3 rings (SSSR count). The van der Waals surface area contributed by atoms with Crippen LogP contribution in [-0.2, 0) is 10.0 Å². The second kappa shape index (κ2) is 6.26. The second-order valence-electron chi connectivity index (χ2n) is 5.26. The molecule has 3 aromatic rings. The van der Waals surface area contributed by atoms with Crippen molar-refractivity contribution in [3.63, 3.8) is 0 Å². The van der Waals surface area contributed by atoms with Gasteiger partial charge in [-0.1, -0.05) is 60.7 Å². The first-order chi connectivity index (χ1) is 11.1. The molecule has 116 valence electrons. The van der Waals surface area contributed by atoms with Gasteiger partial charge in [0.15, 0.2) is 0 Å². The molecular formula is C19H17NO2S. The van der Waals surface area contributed by atoms with Gasteiger partial charge in [-0.2, -0.15) is 0 Å². The van der Waals surface area contributed by atoms with Crippen LogP contribution in [0.25, 0.3) is 16.8 Å². The summed E-state index contributed by atoms with van der Waals surface area (Å²) in [5.74, 6) is 0. The number of anilines is 1. The van der Waals surface area contributed by atoms with Crippen LogP contribution in [0.2, 0.25) is 0 Å². The molecule has 0 saturated carbocycles. The topological polar surface area (TPSA) is 37.4 Å². The first kappa shape index (κ1) is 15.3. The number of sulfonamides is 1. The summed E-state index contributed by atoms with van der Waals surface area (Å²) in [7, 11) is -1.96. The summed E-state index contributed by atoms with van der Waals surface area (Å²) in [5.41, 5.74) is 1.49. The lowest BCUT2D eigenvalue weighted by Gasteiger charge is -2.17. The van der Waals surface area contributed by atoms with E-state index in [1.54, 1.807) is 13.1 Å². The summed E-state index contributed by atoms with van der Waals surface area (Å²) in [6, 6.07) is 22.9. The predicted molar refractivity (Wildman–Crippen MR) is 96.7 cm³/mol. The third-order valence-corrected chi connectivity index (χ3v) is 5.16. The van der Waals surface area contributed by atoms with Gasteiger partial charge in [0.1, 0.15) is 0 Å². The largest absolute Gasteiger partial charge is 0.270 e. The smallest absolute Gasteiger partial charge is 0.257 e. The Balaban J connectivity index is 1.90. The predicted octanol–water partition coefficient (Wildman–Crippen LogP) is 4.28. The minimum absolute atomic E-state index is 0.640. The second-order valence-corrected chi connectivity index (χ2v) is 7.11. The van der Waals surface area contributed by atoms with Crippen molar-refractivity contribution in [2.24, 2.45) is 0 Å². The lowest BCUT2D eigenvalue weighted by Crippen LogP contribution is -2.24. The van der Waals surface area contributed by atoms with Crippen molar-refractivity contribution in [2.45, 2.75) is 0 Å². The van der Waals surface area contributed by atoms with Crippen molar-refractivity contribution in [3.05, 3.63) is 83.8 Å². The molecule has 0 aromatic heterocycles. The molecule has 0 saturated heterocycles. The zero-order chi connectivity index (χ0) is 16.3. The highest BCUT2D eigenvalue weighted by Crippen LogP contribution is 2.23. The SMILES string of the molecule is CN(c1ccc2ccccc2c1)S(=O)(=O)C=Cc1ccccc1. The Morgan fingerprint density at radius 1 is 0.826 bits per heavy atom. The molecule has 23 heavy (non-hydrogen) atoms. The summed E-state index contributed by atoms with van der Waals surface area (Å²) < 4.78 is 26.2. The zero-order valence-corrected chi connectivity index (χ0v) is 13.6. The van der Waals surface area contributed by atoms with Gasteiger partial charge in [-0.25, -0.2) is 8.42 Å². The number of rotatable bonds is 4. The monoisotopic (exact) mass is 323 g/mol. The lowest BCUT2D eigenvalue weighted by atomic mass is 10.1. The van der Waals surface area contributed by atoms with Crippen LogP contribution >= 0.6 is 0 Å². The molecule has 0 fully saturated rings. The third-order valence-electron chi connectivity index (χ3n) is 3.71. The molecular weight excluding hydrogens is 306 g/mol. The Morgan fingerprint density at radius 3 is 2.22 bits per heavy atom. The number of benzene rings is 3. The molecule has 0 N–H and O–H groups in total. The zero-order valence-electron chi connectivity index (χ0n) is 12.8. The van der Waals surface area contributed by atoms with Gasteiger partial charge < -0.3 is 0 Å². The van der Waals surface area contributed by atoms with Gasteiger partial charge in [0.2, 0.25) is 0 Å². The van der Waals surface area contributed by atoms with Gasteiger partial charge in [0, 0.05) is 7.05 Å². The van der Waals surface area contributed by atoms with Crippen LogP contribution in [-0.4, -0.2) is 15.5 Å². The van der Waals surface area contributed by atoms with E-state index in [0.717, 1.165) is 16.3 Å². The molecule has 0 aliphatic rings. The van der Waals surface area contributed by atoms with E-state index in [2.05, 4.69) is 0 Å². The molecule has 0 bridgehead atoms. The molecule has 3 aromatic carbocycles. The Bertz CT molecular complexity index is 947. The highest BCUT2D eigenvalue weighted by molar-refractivity contribution is 7.95. The summed E-state index contributed by atoms with van der Waals surface area (Å²) >= 11 is 0. The lowest BCUT2D eigenvalue weighted by molar-refractivity contribution is 0.603. The van der Waals surface area contributed by atoms with E-state index in [9.17, 15) is 8.42 Å². The molecule has 0 atom stereocenters. The van der Waals surface area contributed by atoms with Gasteiger partial charge in [0.25, 0.3) is 10.0 Å². The van der Waals surface area contributed by atoms with Crippen molar-refractivity contribution in [2.75, 3.05) is 11.4 Å². The highest BCUT2D eigenvalue weighted by atomic mass is 32.2. The minimum Gasteiger partial charge on any atom is -0.270 e. The fourth-order valence-electron chi connectivity index (χ4n) is 2.34. The molecule has 0 radical (unpaired) electrons. The van der Waals surface area contributed by atoms with Crippen LogP contribution in [0.4, 0.5) is 5.69 Å². The van der Waals surface area contributed by atoms with Crippen molar-refractivity contribution in [3.8, 4) is 0 Å². The highest BCUT2D eigenvalue weighted by Gasteiger charge is 2.15. The van der Waals surface area contributed by atoms with Gasteiger partial charge >= 0.3 is 0 Å². The van der Waals surface area contributed by atoms with E-state index in [0.29, 0.717) is 5.69 Å². The maximum atomic E-state index is 12.5. The number of hydrogen-bond acceptors (Lipinski definition) is 2. The van der Waals surface area contributed by atoms with Crippen molar-refractivity contribution in [1.29, 1.82) is 0 Å². The summed E-state index contributed by atoms with van der Waals surface area (Å²) in [6.07, 6.45) is 1.60. The molecule has 0 unspecified atom stereocenters. The van der Waals surface area contributed by atoms with Gasteiger partial charge in [-0.15, -0.1) is 0 Å². The van der Waals surface area contributed by atoms with Crippen LogP contribution in [0.1, 0.15) is 5.56 Å². The normalized spacial score (nSPS) is 11.9. The Labute approximate surface area is 136 Å². The average Bonchev–Trinajstić information content (AvgIpc) is 2.60. The van der Waals surface area contributed by atoms with Crippen molar-refractivity contribution < 1.29 is 8.42 Å². The summed E-state index contributed by atoms with van der Waals surface area (Å²) in [6.45, 7) is 0. The molecule has 0 aliphatic carbocycles. The van der Waals surface area contributed by atoms with E-state index in [1.807, 2.05) is 72.8 Å². The van der Waals surface area contributed by atoms with Crippen molar-refractivity contribution >= 4 is 32.6 Å². The van der Waals surface area contributed by atoms with Crippen LogP contribution < -0.4 is 4.31 Å². The first-order valence-corrected chi connectivity index (χ1v) is 8.77. The molecule has 4 heteroatoms. The quantitative estimate of drug-likeness (QED) is 0.719. The summed E-state index contributed by atoms with van der Waals surface area (Å²) in [4.78, 5) is 0. The van der Waals surface area contributed by atoms with E-state index in [1.165, 1.54) is 9.71 Å². The van der Waals surface area contributed by atoms with Crippen LogP contribution in [0.15, 0.2) is 78.2 Å². The Morgan fingerprint density at radius 2 is 1.48 bits per heavy atom. The number of nitrogens with zero attached hydrogens (tertiary/aromatic N) is 1. The number of hydrogen-bond donors (Lipinski definition) is 0. The van der Waals surface area contributed by atoms with Gasteiger partial charge in [0.05, 0.1) is 11.1 Å². The van der Waals surface area contributed by atoms with E-state index in [-0.39, 0.29) is 0 Å². The van der Waals surface area contributed by atoms with E-state index >= 15 is 0 Å². The third kappa shape index (κ3) is 3.43. The maximum Gasteiger partial charge on any atom is 0.257 e. The van der Waals surface area contributed by atoms with E-state index < -0.39 is 10.0 Å². The maximum absolute atomic E-state index is 12.5. The van der Waals surface area contributed by atoms with Gasteiger partial charge in [-0.3, -0.25) is 4.31 Å². The van der Waals surface area contributed by atoms with Crippen LogP contribution in [0, 0.1) is 0 Å². The molecule has 0 amide bonds. The Kier molecular flexibility index (Phi) is 4.17. The average molecular weight is 323 g/mol. The molecule has 0 heterocycles. The first-order valence-electron chi connectivity index (χ1n) is 7.27. The standard InChI is InChI=1S/C19H17NO2S/c1-20(19-12-11-17-9-5-6-10-18(17)15-19)23(21,22)14-13-16-7-3-2-4-8-16/h2-15H,1H3. The molecule has 0 aliphatic heterocycles. The Hall–Kier alpha value is -2.59. The fourth-order valence-corrected chi connectivity index (χ4v) is 3.26. The van der Waals surface area contributed by atoms with E-state index in [4.69, 9.17) is 0 Å². The molecule has 0 spiro atoms. The van der Waals surface area contributed by atoms with Gasteiger partial charge in [-0.05, 0) is 34.5 Å². The summed E-state index contributed by atoms with van der Waals surface area (Å²) in [5, 5.41) is 3.33. The van der Waals surface area contributed by atoms with Crippen LogP contribution in [0.5, 0.6) is 0 Å². The number of fused-ring (bicyclic) bond motifs is 1. The molecule has 3 nitrogen and oxygen atoms in total. The van der Waals surface area contributed by atoms with Crippen LogP contribution in [0.3, 0.4) is 0 Å². The van der Waals surface area contributed by atoms with Crippen molar-refractivity contribution in [1.82, 2.24) is 0 Å². The fraction of sp³-hybridized carbons (Fsp3) is 0.0526. The minimum atomic E-state index is -3.53.